The Morgan fingerprint density at radius 2 is 1.54 bits per heavy atom. The molecule has 1 saturated carbocycles. The van der Waals surface area contributed by atoms with Gasteiger partial charge in [0, 0.05) is 6.92 Å². The van der Waals surface area contributed by atoms with Crippen molar-refractivity contribution in [2.45, 2.75) is 50.0 Å². The van der Waals surface area contributed by atoms with Crippen molar-refractivity contribution in [3.05, 3.63) is 35.9 Å². The third-order valence-corrected chi connectivity index (χ3v) is 4.33. The summed E-state index contributed by atoms with van der Waals surface area (Å²) in [5, 5.41) is 10.4. The Balaban J connectivity index is 1.58. The molecule has 5 rings (SSSR count). The highest BCUT2D eigenvalue weighted by molar-refractivity contribution is 5.89. The van der Waals surface area contributed by atoms with Crippen molar-refractivity contribution in [2.24, 2.45) is 0 Å². The summed E-state index contributed by atoms with van der Waals surface area (Å²) in [6.07, 6.45) is -5.21. The zero-order chi connectivity index (χ0) is 16.8. The van der Waals surface area contributed by atoms with Crippen molar-refractivity contribution >= 4 is 11.9 Å². The van der Waals surface area contributed by atoms with Gasteiger partial charge in [-0.3, -0.25) is 4.79 Å². The van der Waals surface area contributed by atoms with Crippen LogP contribution in [0.1, 0.15) is 17.3 Å². The van der Waals surface area contributed by atoms with Gasteiger partial charge in [-0.2, -0.15) is 0 Å². The Bertz CT molecular complexity index is 647. The average Bonchev–Trinajstić information content (AvgIpc) is 2.57. The second-order valence-electron chi connectivity index (χ2n) is 5.89. The molecule has 3 heterocycles. The average molecular weight is 336 g/mol. The minimum atomic E-state index is -1.10. The summed E-state index contributed by atoms with van der Waals surface area (Å²) in [4.78, 5) is 23.7. The van der Waals surface area contributed by atoms with E-state index in [2.05, 4.69) is 0 Å². The van der Waals surface area contributed by atoms with Crippen molar-refractivity contribution in [1.82, 2.24) is 0 Å². The topological polar surface area (TPSA) is 101 Å². The summed E-state index contributed by atoms with van der Waals surface area (Å²) in [5.41, 5.74) is 0.362. The van der Waals surface area contributed by atoms with Crippen LogP contribution in [0, 0.1) is 0 Å². The molecular weight excluding hydrogens is 320 g/mol. The molecule has 1 aliphatic carbocycles. The Hall–Kier alpha value is -2.00. The highest BCUT2D eigenvalue weighted by Gasteiger charge is 2.64. The Morgan fingerprint density at radius 1 is 0.958 bits per heavy atom. The van der Waals surface area contributed by atoms with Crippen molar-refractivity contribution in [3.8, 4) is 0 Å². The van der Waals surface area contributed by atoms with E-state index in [0.717, 1.165) is 0 Å². The van der Waals surface area contributed by atoms with Gasteiger partial charge < -0.3 is 28.8 Å². The monoisotopic (exact) mass is 336 g/mol. The lowest BCUT2D eigenvalue weighted by atomic mass is 9.82. The fourth-order valence-corrected chi connectivity index (χ4v) is 3.31. The number of carbonyl (C=O) groups excluding carboxylic acids is 2. The molecule has 4 aliphatic rings. The number of carbonyl (C=O) groups is 2. The van der Waals surface area contributed by atoms with Crippen LogP contribution < -0.4 is 0 Å². The number of ether oxygens (including phenoxy) is 5. The number of esters is 2. The van der Waals surface area contributed by atoms with Crippen LogP contribution in [0.4, 0.5) is 0 Å². The van der Waals surface area contributed by atoms with Gasteiger partial charge in [0.1, 0.15) is 24.4 Å². The van der Waals surface area contributed by atoms with Crippen LogP contribution in [0.5, 0.6) is 0 Å². The number of hydrogen-bond donors (Lipinski definition) is 1. The van der Waals surface area contributed by atoms with Crippen LogP contribution in [-0.2, 0) is 28.5 Å². The van der Waals surface area contributed by atoms with Gasteiger partial charge in [0.05, 0.1) is 5.56 Å². The molecule has 3 saturated heterocycles. The minimum absolute atomic E-state index is 0.362. The van der Waals surface area contributed by atoms with E-state index in [1.807, 2.05) is 0 Å². The summed E-state index contributed by atoms with van der Waals surface area (Å²) in [6, 6.07) is 8.44. The Kier molecular flexibility index (Phi) is 3.76. The van der Waals surface area contributed by atoms with Crippen molar-refractivity contribution in [1.29, 1.82) is 0 Å². The molecule has 4 bridgehead atoms. The molecule has 0 amide bonds. The van der Waals surface area contributed by atoms with Gasteiger partial charge in [-0.15, -0.1) is 0 Å². The number of rotatable bonds is 3. The summed E-state index contributed by atoms with van der Waals surface area (Å²) >= 11 is 0. The van der Waals surface area contributed by atoms with Gasteiger partial charge >= 0.3 is 11.9 Å². The smallest absolute Gasteiger partial charge is 0.338 e. The van der Waals surface area contributed by atoms with Crippen LogP contribution in [-0.4, -0.2) is 60.1 Å². The molecule has 3 aliphatic heterocycles. The highest BCUT2D eigenvalue weighted by atomic mass is 16.9. The first-order valence-electron chi connectivity index (χ1n) is 7.62. The fraction of sp³-hybridized carbons (Fsp3) is 0.500. The van der Waals surface area contributed by atoms with Gasteiger partial charge in [-0.1, -0.05) is 18.2 Å². The molecule has 0 aromatic heterocycles. The molecule has 128 valence electrons. The first-order valence-corrected chi connectivity index (χ1v) is 7.62. The number of aliphatic hydroxyl groups is 1. The molecule has 24 heavy (non-hydrogen) atoms. The van der Waals surface area contributed by atoms with Gasteiger partial charge in [0.25, 0.3) is 6.48 Å². The largest absolute Gasteiger partial charge is 0.457 e. The lowest BCUT2D eigenvalue weighted by Crippen LogP contribution is -2.76. The minimum Gasteiger partial charge on any atom is -0.457 e. The molecule has 8 nitrogen and oxygen atoms in total. The molecule has 8 heteroatoms. The zero-order valence-corrected chi connectivity index (χ0v) is 12.7. The predicted molar refractivity (Wildman–Crippen MR) is 75.6 cm³/mol. The summed E-state index contributed by atoms with van der Waals surface area (Å²) in [7, 11) is 0. The summed E-state index contributed by atoms with van der Waals surface area (Å²) < 4.78 is 27.0. The predicted octanol–water partition coefficient (Wildman–Crippen LogP) is -0.0154. The molecule has 0 spiro atoms. The van der Waals surface area contributed by atoms with Crippen molar-refractivity contribution in [2.75, 3.05) is 0 Å². The molecule has 0 radical (unpaired) electrons. The fourth-order valence-electron chi connectivity index (χ4n) is 3.31. The molecule has 1 aromatic rings. The van der Waals surface area contributed by atoms with Gasteiger partial charge in [-0.25, -0.2) is 4.79 Å². The number of aliphatic hydroxyl groups excluding tert-OH is 1. The van der Waals surface area contributed by atoms with Crippen LogP contribution >= 0.6 is 0 Å². The Morgan fingerprint density at radius 3 is 2.17 bits per heavy atom. The van der Waals surface area contributed by atoms with E-state index in [1.165, 1.54) is 6.92 Å². The van der Waals surface area contributed by atoms with Crippen molar-refractivity contribution in [3.63, 3.8) is 0 Å². The molecule has 1 aromatic carbocycles. The second-order valence-corrected chi connectivity index (χ2v) is 5.89. The lowest BCUT2D eigenvalue weighted by Gasteiger charge is -2.56. The maximum atomic E-state index is 12.3. The first-order chi connectivity index (χ1) is 11.5. The lowest BCUT2D eigenvalue weighted by molar-refractivity contribution is -0.479. The number of benzene rings is 1. The molecule has 7 atom stereocenters. The first kappa shape index (κ1) is 15.5. The van der Waals surface area contributed by atoms with Gasteiger partial charge in [0.2, 0.25) is 0 Å². The van der Waals surface area contributed by atoms with Gasteiger partial charge in [-0.05, 0) is 12.1 Å². The summed E-state index contributed by atoms with van der Waals surface area (Å²) in [5.74, 6) is -1.11. The van der Waals surface area contributed by atoms with Crippen molar-refractivity contribution < 1.29 is 38.4 Å². The quantitative estimate of drug-likeness (QED) is 0.769. The third kappa shape index (κ3) is 2.48. The van der Waals surface area contributed by atoms with E-state index in [0.29, 0.717) is 5.56 Å². The van der Waals surface area contributed by atoms with E-state index in [9.17, 15) is 14.7 Å². The molecular formula is C16H16O8. The van der Waals surface area contributed by atoms with E-state index in [1.54, 1.807) is 30.3 Å². The summed E-state index contributed by atoms with van der Waals surface area (Å²) in [6.45, 7) is 0.283. The van der Waals surface area contributed by atoms with Crippen LogP contribution in [0.3, 0.4) is 0 Å². The van der Waals surface area contributed by atoms with E-state index < -0.39 is 55.0 Å². The van der Waals surface area contributed by atoms with Gasteiger partial charge in [0.15, 0.2) is 12.2 Å². The molecule has 0 unspecified atom stereocenters. The Labute approximate surface area is 137 Å². The van der Waals surface area contributed by atoms with E-state index >= 15 is 0 Å². The van der Waals surface area contributed by atoms with Crippen LogP contribution in [0.25, 0.3) is 0 Å². The van der Waals surface area contributed by atoms with Crippen LogP contribution in [0.2, 0.25) is 0 Å². The molecule has 1 N–H and O–H groups in total. The van der Waals surface area contributed by atoms with E-state index in [-0.39, 0.29) is 0 Å². The van der Waals surface area contributed by atoms with E-state index in [4.69, 9.17) is 23.7 Å². The normalized spacial score (nSPS) is 39.5. The second kappa shape index (κ2) is 5.82. The zero-order valence-electron chi connectivity index (χ0n) is 12.7. The number of hydrogen-bond acceptors (Lipinski definition) is 8. The third-order valence-electron chi connectivity index (χ3n) is 4.33. The standard InChI is InChI=1S/C16H16O8/c1-7(17)20-12-10-9(18)11-13(14(12)24-16(22-10)23-11)21-15(19)8-5-3-2-4-6-8/h2-6,9-14,16,18H,1H3/t9-,10-,11+,12+,13+,14-,16+/m0/s1. The SMILES string of the molecule is CC(=O)O[C@H]1[C@@H]2O[C@H]3O[C@H]([C@@H](O)[C@@H]1O3)[C@H]2OC(=O)c1ccccc1. The molecule has 4 fully saturated rings. The maximum absolute atomic E-state index is 12.3. The highest BCUT2D eigenvalue weighted by Crippen LogP contribution is 2.42. The van der Waals surface area contributed by atoms with Crippen LogP contribution in [0.15, 0.2) is 30.3 Å². The maximum Gasteiger partial charge on any atom is 0.338 e.